The zero-order chi connectivity index (χ0) is 38.2. The maximum Gasteiger partial charge on any atom is 0.327 e. The number of hydrogen-bond acceptors (Lipinski definition) is 8. The fourth-order valence-electron chi connectivity index (χ4n) is 6.47. The number of carbonyl (C=O) groups excluding carboxylic acids is 2. The first-order chi connectivity index (χ1) is 25.3. The number of hydrogen-bond donors (Lipinski definition) is 1. The number of unbranched alkanes of at least 4 members (excludes halogenated alkanes) is 28. The Balaban J connectivity index is 4.17. The van der Waals surface area contributed by atoms with Crippen molar-refractivity contribution in [2.24, 2.45) is 0 Å². The van der Waals surface area contributed by atoms with Crippen LogP contribution in [0.1, 0.15) is 219 Å². The van der Waals surface area contributed by atoms with Gasteiger partial charge in [-0.1, -0.05) is 194 Å². The molecule has 0 aliphatic heterocycles. The molecule has 0 saturated carbocycles. The largest absolute Gasteiger partial charge is 0.462 e. The van der Waals surface area contributed by atoms with E-state index in [-0.39, 0.29) is 31.8 Å². The second-order valence-corrected chi connectivity index (χ2v) is 17.3. The molecule has 0 aromatic rings. The van der Waals surface area contributed by atoms with Gasteiger partial charge >= 0.3 is 19.5 Å². The summed E-state index contributed by atoms with van der Waals surface area (Å²) in [6, 6.07) is 0. The summed E-state index contributed by atoms with van der Waals surface area (Å²) in [5.74, 6) is -0.646. The van der Waals surface area contributed by atoms with Gasteiger partial charge in [0.15, 0.2) is 6.10 Å². The highest BCUT2D eigenvalue weighted by atomic mass is 31.2. The molecule has 0 amide bonds. The molecule has 0 rings (SSSR count). The molecule has 0 aliphatic carbocycles. The molecule has 0 radical (unpaired) electrons. The van der Waals surface area contributed by atoms with Crippen LogP contribution in [0.5, 0.6) is 0 Å². The van der Waals surface area contributed by atoms with Gasteiger partial charge < -0.3 is 23.8 Å². The van der Waals surface area contributed by atoms with Gasteiger partial charge in [-0.25, -0.2) is 0 Å². The third-order valence-corrected chi connectivity index (χ3v) is 11.1. The first kappa shape index (κ1) is 51.0. The molecule has 0 aromatic heterocycles. The van der Waals surface area contributed by atoms with Gasteiger partial charge in [-0.2, -0.15) is 0 Å². The topological polar surface area (TPSA) is 100 Å². The van der Waals surface area contributed by atoms with Crippen molar-refractivity contribution in [3.05, 3.63) is 0 Å². The van der Waals surface area contributed by atoms with Crippen LogP contribution in [-0.4, -0.2) is 58.1 Å². The molecule has 0 aromatic carbocycles. The third-order valence-electron chi connectivity index (χ3n) is 9.87. The first-order valence-electron chi connectivity index (χ1n) is 22.2. The Hall–Kier alpha value is -0.950. The Bertz CT molecular complexity index is 827. The van der Waals surface area contributed by atoms with E-state index in [2.05, 4.69) is 19.2 Å². The molecule has 0 bridgehead atoms. The summed E-state index contributed by atoms with van der Waals surface area (Å²) in [5, 5.41) is 2.94. The van der Waals surface area contributed by atoms with Gasteiger partial charge in [-0.15, -0.1) is 0 Å². The molecule has 52 heavy (non-hydrogen) atoms. The third kappa shape index (κ3) is 38.8. The van der Waals surface area contributed by atoms with E-state index in [0.29, 0.717) is 19.4 Å². The van der Waals surface area contributed by atoms with Gasteiger partial charge in [-0.05, 0) is 19.9 Å². The second kappa shape index (κ2) is 39.7. The summed E-state index contributed by atoms with van der Waals surface area (Å²) in [6.07, 6.45) is 37.9. The zero-order valence-electron chi connectivity index (χ0n) is 34.8. The number of carbonyl (C=O) groups is 2. The SMILES string of the molecule is CCCCCCCCCCCCCCCCCC(=O)OC[C@H](COP(C)(=O)OCCNC)OC(=O)CCCCCCCCCCCCCCCCC. The maximum absolute atomic E-state index is 12.7. The molecule has 0 aliphatic rings. The maximum atomic E-state index is 12.7. The van der Waals surface area contributed by atoms with Crippen molar-refractivity contribution >= 4 is 19.5 Å². The van der Waals surface area contributed by atoms with Crippen molar-refractivity contribution < 1.29 is 32.7 Å². The highest BCUT2D eigenvalue weighted by Crippen LogP contribution is 2.43. The van der Waals surface area contributed by atoms with E-state index >= 15 is 0 Å². The number of esters is 2. The highest BCUT2D eigenvalue weighted by Gasteiger charge is 2.23. The van der Waals surface area contributed by atoms with Crippen LogP contribution >= 0.6 is 7.60 Å². The van der Waals surface area contributed by atoms with E-state index in [1.165, 1.54) is 161 Å². The van der Waals surface area contributed by atoms with Crippen LogP contribution < -0.4 is 5.32 Å². The normalized spacial score (nSPS) is 13.2. The van der Waals surface area contributed by atoms with Crippen molar-refractivity contribution in [1.82, 2.24) is 5.32 Å². The molecule has 310 valence electrons. The summed E-state index contributed by atoms with van der Waals surface area (Å²) < 4.78 is 34.7. The van der Waals surface area contributed by atoms with Crippen molar-refractivity contribution in [1.29, 1.82) is 0 Å². The van der Waals surface area contributed by atoms with E-state index in [4.69, 9.17) is 18.5 Å². The van der Waals surface area contributed by atoms with Gasteiger partial charge in [0.1, 0.15) is 6.61 Å². The predicted molar refractivity (Wildman–Crippen MR) is 219 cm³/mol. The van der Waals surface area contributed by atoms with Crippen molar-refractivity contribution in [3.63, 3.8) is 0 Å². The van der Waals surface area contributed by atoms with E-state index in [1.54, 1.807) is 7.05 Å². The predicted octanol–water partition coefficient (Wildman–Crippen LogP) is 13.0. The summed E-state index contributed by atoms with van der Waals surface area (Å²) in [6.45, 7) is 6.45. The minimum atomic E-state index is -3.34. The fraction of sp³-hybridized carbons (Fsp3) is 0.953. The lowest BCUT2D eigenvalue weighted by molar-refractivity contribution is -0.161. The number of nitrogens with one attached hydrogen (secondary N) is 1. The first-order valence-corrected chi connectivity index (χ1v) is 24.2. The molecular formula is C43H86NO7P. The van der Waals surface area contributed by atoms with E-state index < -0.39 is 13.7 Å². The summed E-state index contributed by atoms with van der Waals surface area (Å²) >= 11 is 0. The Labute approximate surface area is 322 Å². The van der Waals surface area contributed by atoms with Gasteiger partial charge in [-0.3, -0.25) is 14.2 Å². The summed E-state index contributed by atoms with van der Waals surface area (Å²) in [7, 11) is -1.55. The number of likely N-dealkylation sites (N-methyl/N-ethyl adjacent to an activating group) is 1. The van der Waals surface area contributed by atoms with Crippen molar-refractivity contribution in [2.75, 3.05) is 40.1 Å². The molecule has 1 unspecified atom stereocenters. The average Bonchev–Trinajstić information content (AvgIpc) is 3.12. The van der Waals surface area contributed by atoms with Crippen LogP contribution in [0.4, 0.5) is 0 Å². The Morgan fingerprint density at radius 3 is 1.21 bits per heavy atom. The van der Waals surface area contributed by atoms with E-state index in [0.717, 1.165) is 38.5 Å². The Kier molecular flexibility index (Phi) is 39.0. The van der Waals surface area contributed by atoms with E-state index in [1.807, 2.05) is 0 Å². The van der Waals surface area contributed by atoms with Crippen LogP contribution in [-0.2, 0) is 32.7 Å². The molecule has 1 N–H and O–H groups in total. The molecule has 0 saturated heterocycles. The molecule has 0 heterocycles. The van der Waals surface area contributed by atoms with Crippen molar-refractivity contribution in [2.45, 2.75) is 225 Å². The molecule has 9 heteroatoms. The zero-order valence-corrected chi connectivity index (χ0v) is 35.7. The molecule has 0 spiro atoms. The summed E-state index contributed by atoms with van der Waals surface area (Å²) in [5.41, 5.74) is 0. The van der Waals surface area contributed by atoms with Gasteiger partial charge in [0.25, 0.3) is 0 Å². The lowest BCUT2D eigenvalue weighted by Crippen LogP contribution is -2.29. The van der Waals surface area contributed by atoms with Gasteiger partial charge in [0.05, 0.1) is 13.2 Å². The standard InChI is InChI=1S/C43H86NO7P/c1-5-7-9-11-13-15-17-19-21-23-25-27-29-31-33-35-42(45)48-39-41(40-50-52(4,47)49-38-37-44-3)51-43(46)36-34-32-30-28-26-24-22-20-18-16-14-12-10-8-6-2/h41,44H,5-40H2,1-4H3/t41-,52?/m1/s1. The monoisotopic (exact) mass is 760 g/mol. The van der Waals surface area contributed by atoms with Crippen LogP contribution in [0.25, 0.3) is 0 Å². The minimum absolute atomic E-state index is 0.112. The highest BCUT2D eigenvalue weighted by molar-refractivity contribution is 7.52. The van der Waals surface area contributed by atoms with Crippen LogP contribution in [0.3, 0.4) is 0 Å². The fourth-order valence-corrected chi connectivity index (χ4v) is 7.40. The minimum Gasteiger partial charge on any atom is -0.462 e. The smallest absolute Gasteiger partial charge is 0.327 e. The number of ether oxygens (including phenoxy) is 2. The van der Waals surface area contributed by atoms with E-state index in [9.17, 15) is 14.2 Å². The molecule has 0 fully saturated rings. The molecule has 8 nitrogen and oxygen atoms in total. The van der Waals surface area contributed by atoms with Crippen LogP contribution in [0, 0.1) is 0 Å². The van der Waals surface area contributed by atoms with Crippen LogP contribution in [0.2, 0.25) is 0 Å². The summed E-state index contributed by atoms with van der Waals surface area (Å²) in [4.78, 5) is 25.2. The average molecular weight is 760 g/mol. The Morgan fingerprint density at radius 2 is 0.846 bits per heavy atom. The van der Waals surface area contributed by atoms with Gasteiger partial charge in [0.2, 0.25) is 0 Å². The lowest BCUT2D eigenvalue weighted by Gasteiger charge is -2.21. The lowest BCUT2D eigenvalue weighted by atomic mass is 10.0. The quantitative estimate of drug-likeness (QED) is 0.0373. The van der Waals surface area contributed by atoms with Crippen molar-refractivity contribution in [3.8, 4) is 0 Å². The number of rotatable bonds is 42. The second-order valence-electron chi connectivity index (χ2n) is 15.2. The van der Waals surface area contributed by atoms with Crippen LogP contribution in [0.15, 0.2) is 0 Å². The molecular weight excluding hydrogens is 673 g/mol. The van der Waals surface area contributed by atoms with Gasteiger partial charge in [0, 0.05) is 26.1 Å². The molecule has 2 atom stereocenters. The Morgan fingerprint density at radius 1 is 0.500 bits per heavy atom.